The number of rotatable bonds is 3. The fourth-order valence-corrected chi connectivity index (χ4v) is 2.20. The van der Waals surface area contributed by atoms with E-state index < -0.39 is 5.91 Å². The molecule has 2 aromatic rings. The minimum Gasteiger partial charge on any atom is -0.366 e. The van der Waals surface area contributed by atoms with Gasteiger partial charge in [0, 0.05) is 19.3 Å². The Morgan fingerprint density at radius 1 is 1.20 bits per heavy atom. The molecule has 1 aliphatic heterocycles. The monoisotopic (exact) mass is 293 g/mol. The van der Waals surface area contributed by atoms with Crippen molar-refractivity contribution in [1.29, 1.82) is 0 Å². The summed E-state index contributed by atoms with van der Waals surface area (Å²) in [5, 5.41) is 4.09. The van der Waals surface area contributed by atoms with Gasteiger partial charge in [0.25, 0.3) is 11.9 Å². The summed E-state index contributed by atoms with van der Waals surface area (Å²) < 4.78 is 1.35. The van der Waals surface area contributed by atoms with Crippen LogP contribution in [-0.2, 0) is 0 Å². The molecule has 0 aromatic carbocycles. The van der Waals surface area contributed by atoms with E-state index in [1.165, 1.54) is 17.1 Å². The highest BCUT2D eigenvalue weighted by molar-refractivity contribution is 6.28. The molecule has 3 heterocycles. The zero-order chi connectivity index (χ0) is 14.1. The molecular formula is C11H12ClN7O. The highest BCUT2D eigenvalue weighted by Crippen LogP contribution is 2.18. The predicted molar refractivity (Wildman–Crippen MR) is 71.9 cm³/mol. The first-order valence-corrected chi connectivity index (χ1v) is 6.52. The molecule has 8 nitrogen and oxygen atoms in total. The van der Waals surface area contributed by atoms with Gasteiger partial charge in [-0.1, -0.05) is 0 Å². The highest BCUT2D eigenvalue weighted by Gasteiger charge is 2.18. The van der Waals surface area contributed by atoms with Gasteiger partial charge in [-0.2, -0.15) is 20.1 Å². The summed E-state index contributed by atoms with van der Waals surface area (Å²) in [6.45, 7) is 1.79. The number of nitrogens with two attached hydrogens (primary N) is 1. The van der Waals surface area contributed by atoms with E-state index >= 15 is 0 Å². The number of carbonyl (C=O) groups is 1. The first kappa shape index (κ1) is 12.8. The van der Waals surface area contributed by atoms with Crippen molar-refractivity contribution in [3.8, 4) is 5.95 Å². The zero-order valence-electron chi connectivity index (χ0n) is 10.5. The fraction of sp³-hybridized carbons (Fsp3) is 0.364. The number of hydrogen-bond donors (Lipinski definition) is 1. The molecule has 0 atom stereocenters. The maximum Gasteiger partial charge on any atom is 0.256 e. The molecule has 1 amide bonds. The lowest BCUT2D eigenvalue weighted by Crippen LogP contribution is -2.22. The molecule has 0 radical (unpaired) electrons. The van der Waals surface area contributed by atoms with Crippen molar-refractivity contribution in [2.75, 3.05) is 18.0 Å². The predicted octanol–water partition coefficient (Wildman–Crippen LogP) is 0.410. The Morgan fingerprint density at radius 2 is 1.90 bits per heavy atom. The number of anilines is 1. The number of carbonyl (C=O) groups excluding carboxylic acids is 1. The van der Waals surface area contributed by atoms with Gasteiger partial charge < -0.3 is 10.6 Å². The van der Waals surface area contributed by atoms with Crippen molar-refractivity contribution in [3.05, 3.63) is 23.2 Å². The van der Waals surface area contributed by atoms with E-state index in [4.69, 9.17) is 17.3 Å². The minimum absolute atomic E-state index is 0.0908. The van der Waals surface area contributed by atoms with Gasteiger partial charge in [-0.3, -0.25) is 4.79 Å². The van der Waals surface area contributed by atoms with Crippen LogP contribution in [0, 0.1) is 0 Å². The van der Waals surface area contributed by atoms with Gasteiger partial charge in [-0.25, -0.2) is 4.68 Å². The van der Waals surface area contributed by atoms with Crippen molar-refractivity contribution in [2.45, 2.75) is 12.8 Å². The van der Waals surface area contributed by atoms with Crippen molar-refractivity contribution in [1.82, 2.24) is 24.7 Å². The molecule has 1 saturated heterocycles. The first-order chi connectivity index (χ1) is 9.63. The molecule has 0 unspecified atom stereocenters. The largest absolute Gasteiger partial charge is 0.366 e. The Balaban J connectivity index is 1.97. The van der Waals surface area contributed by atoms with Gasteiger partial charge in [0.1, 0.15) is 0 Å². The molecule has 1 aliphatic rings. The number of aromatic nitrogens is 5. The second-order valence-corrected chi connectivity index (χ2v) is 4.77. The quantitative estimate of drug-likeness (QED) is 0.879. The van der Waals surface area contributed by atoms with Crippen LogP contribution in [0.2, 0.25) is 5.28 Å². The molecule has 0 aliphatic carbocycles. The second-order valence-electron chi connectivity index (χ2n) is 4.44. The molecule has 0 saturated carbocycles. The molecule has 9 heteroatoms. The maximum atomic E-state index is 11.1. The Labute approximate surface area is 119 Å². The van der Waals surface area contributed by atoms with E-state index in [0.717, 1.165) is 25.9 Å². The summed E-state index contributed by atoms with van der Waals surface area (Å²) in [5.41, 5.74) is 5.47. The van der Waals surface area contributed by atoms with Crippen LogP contribution in [0.15, 0.2) is 12.4 Å². The molecule has 3 rings (SSSR count). The topological polar surface area (TPSA) is 103 Å². The number of halogens is 1. The van der Waals surface area contributed by atoms with Crippen LogP contribution >= 0.6 is 11.6 Å². The van der Waals surface area contributed by atoms with E-state index in [0.29, 0.717) is 5.95 Å². The van der Waals surface area contributed by atoms with E-state index in [9.17, 15) is 4.79 Å². The lowest BCUT2D eigenvalue weighted by atomic mass is 10.4. The number of primary amides is 1. The van der Waals surface area contributed by atoms with Gasteiger partial charge >= 0.3 is 0 Å². The van der Waals surface area contributed by atoms with Gasteiger partial charge in [-0.05, 0) is 24.4 Å². The molecular weight excluding hydrogens is 282 g/mol. The molecule has 2 aromatic heterocycles. The number of nitrogens with zero attached hydrogens (tertiary/aromatic N) is 6. The third-order valence-electron chi connectivity index (χ3n) is 3.05. The molecule has 20 heavy (non-hydrogen) atoms. The van der Waals surface area contributed by atoms with Crippen LogP contribution in [0.3, 0.4) is 0 Å². The lowest BCUT2D eigenvalue weighted by Gasteiger charge is -2.15. The smallest absolute Gasteiger partial charge is 0.256 e. The van der Waals surface area contributed by atoms with Crippen LogP contribution in [0.4, 0.5) is 5.95 Å². The van der Waals surface area contributed by atoms with Crippen molar-refractivity contribution >= 4 is 23.5 Å². The first-order valence-electron chi connectivity index (χ1n) is 6.15. The summed E-state index contributed by atoms with van der Waals surface area (Å²) in [6, 6.07) is 0. The molecule has 2 N–H and O–H groups in total. The third-order valence-corrected chi connectivity index (χ3v) is 3.21. The van der Waals surface area contributed by atoms with Gasteiger partial charge in [-0.15, -0.1) is 0 Å². The lowest BCUT2D eigenvalue weighted by molar-refractivity contribution is 0.100. The van der Waals surface area contributed by atoms with Gasteiger partial charge in [0.05, 0.1) is 11.8 Å². The summed E-state index contributed by atoms with van der Waals surface area (Å²) in [6.07, 6.45) is 5.02. The summed E-state index contributed by atoms with van der Waals surface area (Å²) in [5.74, 6) is 0.226. The van der Waals surface area contributed by atoms with Crippen LogP contribution in [0.25, 0.3) is 5.95 Å². The third kappa shape index (κ3) is 2.42. The fourth-order valence-electron chi connectivity index (χ4n) is 2.05. The van der Waals surface area contributed by atoms with E-state index in [-0.39, 0.29) is 16.8 Å². The highest BCUT2D eigenvalue weighted by atomic mass is 35.5. The van der Waals surface area contributed by atoms with E-state index in [1.54, 1.807) is 0 Å². The van der Waals surface area contributed by atoms with Crippen LogP contribution < -0.4 is 10.6 Å². The average Bonchev–Trinajstić information content (AvgIpc) is 3.10. The maximum absolute atomic E-state index is 11.1. The number of amides is 1. The van der Waals surface area contributed by atoms with Gasteiger partial charge in [0.15, 0.2) is 0 Å². The Bertz CT molecular complexity index is 650. The molecule has 0 spiro atoms. The Kier molecular flexibility index (Phi) is 3.23. The normalized spacial score (nSPS) is 14.8. The van der Waals surface area contributed by atoms with Crippen LogP contribution in [-0.4, -0.2) is 43.7 Å². The van der Waals surface area contributed by atoms with Crippen LogP contribution in [0.1, 0.15) is 23.2 Å². The zero-order valence-corrected chi connectivity index (χ0v) is 11.3. The van der Waals surface area contributed by atoms with E-state index in [1.807, 2.05) is 4.90 Å². The van der Waals surface area contributed by atoms with Crippen molar-refractivity contribution in [3.63, 3.8) is 0 Å². The van der Waals surface area contributed by atoms with E-state index in [2.05, 4.69) is 20.1 Å². The van der Waals surface area contributed by atoms with Gasteiger partial charge in [0.2, 0.25) is 11.2 Å². The second kappa shape index (κ2) is 5.04. The average molecular weight is 294 g/mol. The molecule has 1 fully saturated rings. The molecule has 104 valence electrons. The standard InChI is InChI=1S/C11H12ClN7O/c12-9-15-10(18-3-1-2-4-18)17-11(16-9)19-6-7(5-14-19)8(13)20/h5-6H,1-4H2,(H2,13,20). The summed E-state index contributed by atoms with van der Waals surface area (Å²) in [7, 11) is 0. The van der Waals surface area contributed by atoms with Crippen molar-refractivity contribution in [2.24, 2.45) is 5.73 Å². The Hall–Kier alpha value is -2.22. The van der Waals surface area contributed by atoms with Crippen LogP contribution in [0.5, 0.6) is 0 Å². The Morgan fingerprint density at radius 3 is 2.55 bits per heavy atom. The van der Waals surface area contributed by atoms with Crippen molar-refractivity contribution < 1.29 is 4.79 Å². The minimum atomic E-state index is -0.559. The molecule has 0 bridgehead atoms. The summed E-state index contributed by atoms with van der Waals surface area (Å²) in [4.78, 5) is 25.6. The summed E-state index contributed by atoms with van der Waals surface area (Å²) >= 11 is 5.93. The number of hydrogen-bond acceptors (Lipinski definition) is 6. The SMILES string of the molecule is NC(=O)c1cnn(-c2nc(Cl)nc(N3CCCC3)n2)c1.